The number of carbonyl (C=O) groups excluding carboxylic acids is 1. The van der Waals surface area contributed by atoms with Gasteiger partial charge < -0.3 is 10.1 Å². The number of hydrogen-bond acceptors (Lipinski definition) is 4. The molecule has 3 aromatic rings. The fourth-order valence-corrected chi connectivity index (χ4v) is 5.47. The van der Waals surface area contributed by atoms with E-state index in [9.17, 15) is 13.2 Å². The van der Waals surface area contributed by atoms with Crippen molar-refractivity contribution in [3.05, 3.63) is 89.0 Å². The largest absolute Gasteiger partial charge is 0.476 e. The highest BCUT2D eigenvalue weighted by molar-refractivity contribution is 7.92. The van der Waals surface area contributed by atoms with Crippen molar-refractivity contribution < 1.29 is 17.9 Å². The van der Waals surface area contributed by atoms with Gasteiger partial charge in [-0.15, -0.1) is 0 Å². The maximum Gasteiger partial charge on any atom is 0.264 e. The van der Waals surface area contributed by atoms with E-state index in [2.05, 4.69) is 12.2 Å². The van der Waals surface area contributed by atoms with Gasteiger partial charge in [0.15, 0.2) is 6.10 Å². The highest BCUT2D eigenvalue weighted by Crippen LogP contribution is 2.38. The van der Waals surface area contributed by atoms with E-state index in [0.717, 1.165) is 23.1 Å². The molecular weight excluding hydrogens is 448 g/mol. The summed E-state index contributed by atoms with van der Waals surface area (Å²) in [7, 11) is -3.89. The van der Waals surface area contributed by atoms with Crippen molar-refractivity contribution in [2.24, 2.45) is 0 Å². The molecule has 1 heterocycles. The van der Waals surface area contributed by atoms with Gasteiger partial charge in [0.1, 0.15) is 5.75 Å². The highest BCUT2D eigenvalue weighted by Gasteiger charge is 2.38. The first kappa shape index (κ1) is 23.8. The maximum atomic E-state index is 13.6. The molecule has 0 fully saturated rings. The summed E-state index contributed by atoms with van der Waals surface area (Å²) in [5.74, 6) is 0.0189. The van der Waals surface area contributed by atoms with Crippen LogP contribution in [0.2, 0.25) is 0 Å². The zero-order valence-corrected chi connectivity index (χ0v) is 20.7. The Kier molecular flexibility index (Phi) is 6.66. The normalized spacial score (nSPS) is 16.4. The van der Waals surface area contributed by atoms with Crippen LogP contribution in [0.3, 0.4) is 0 Å². The van der Waals surface area contributed by atoms with E-state index < -0.39 is 16.1 Å². The van der Waals surface area contributed by atoms with Gasteiger partial charge in [-0.3, -0.25) is 9.10 Å². The molecule has 7 heteroatoms. The lowest BCUT2D eigenvalue weighted by Gasteiger charge is -2.35. The molecule has 0 aliphatic carbocycles. The Bertz CT molecular complexity index is 1290. The molecule has 0 unspecified atom stereocenters. The number of anilines is 1. The van der Waals surface area contributed by atoms with Crippen molar-refractivity contribution in [2.75, 3.05) is 10.8 Å². The zero-order chi connectivity index (χ0) is 24.5. The summed E-state index contributed by atoms with van der Waals surface area (Å²) in [5.41, 5.74) is 4.51. The molecule has 0 spiro atoms. The van der Waals surface area contributed by atoms with Gasteiger partial charge in [0.2, 0.25) is 0 Å². The van der Waals surface area contributed by atoms with Crippen molar-refractivity contribution >= 4 is 21.6 Å². The lowest BCUT2D eigenvalue weighted by Crippen LogP contribution is -2.51. The number of aryl methyl sites for hydroxylation is 3. The number of nitrogens with zero attached hydrogens (tertiary/aromatic N) is 1. The molecule has 0 radical (unpaired) electrons. The molecule has 0 aromatic heterocycles. The first-order valence-corrected chi connectivity index (χ1v) is 12.9. The minimum Gasteiger partial charge on any atom is -0.476 e. The van der Waals surface area contributed by atoms with Crippen LogP contribution in [0, 0.1) is 13.8 Å². The van der Waals surface area contributed by atoms with Crippen molar-refractivity contribution in [3.63, 3.8) is 0 Å². The standard InChI is InChI=1S/C27H30N2O4S/c1-5-21-9-11-22(12-10-21)20(4)28-27(30)26-17-29(24-15-8-19(3)16-25(24)33-26)34(31,32)23-13-6-18(2)7-14-23/h6-16,20,26H,5,17H2,1-4H3,(H,28,30)/t20-,26+/m1/s1. The quantitative estimate of drug-likeness (QED) is 0.557. The Hall–Kier alpha value is -3.32. The highest BCUT2D eigenvalue weighted by atomic mass is 32.2. The molecular formula is C27H30N2O4S. The molecule has 1 amide bonds. The summed E-state index contributed by atoms with van der Waals surface area (Å²) in [5, 5.41) is 2.98. The predicted molar refractivity (Wildman–Crippen MR) is 134 cm³/mol. The van der Waals surface area contributed by atoms with Crippen molar-refractivity contribution in [2.45, 2.75) is 51.2 Å². The van der Waals surface area contributed by atoms with Gasteiger partial charge >= 0.3 is 0 Å². The van der Waals surface area contributed by atoms with Gasteiger partial charge in [-0.25, -0.2) is 8.42 Å². The number of carbonyl (C=O) groups is 1. The van der Waals surface area contributed by atoms with E-state index >= 15 is 0 Å². The van der Waals surface area contributed by atoms with E-state index in [1.165, 1.54) is 9.87 Å². The summed E-state index contributed by atoms with van der Waals surface area (Å²) in [6.45, 7) is 7.69. The zero-order valence-electron chi connectivity index (χ0n) is 19.9. The number of hydrogen-bond donors (Lipinski definition) is 1. The van der Waals surface area contributed by atoms with E-state index in [-0.39, 0.29) is 23.4 Å². The van der Waals surface area contributed by atoms with Crippen molar-refractivity contribution in [1.29, 1.82) is 0 Å². The van der Waals surface area contributed by atoms with Gasteiger partial charge in [0, 0.05) is 0 Å². The molecule has 178 valence electrons. The van der Waals surface area contributed by atoms with Gasteiger partial charge in [0.25, 0.3) is 15.9 Å². The molecule has 2 atom stereocenters. The molecule has 6 nitrogen and oxygen atoms in total. The molecule has 1 aliphatic rings. The van der Waals surface area contributed by atoms with Crippen LogP contribution in [0.15, 0.2) is 71.6 Å². The Morgan fingerprint density at radius 1 is 1.03 bits per heavy atom. The second-order valence-corrected chi connectivity index (χ2v) is 10.6. The lowest BCUT2D eigenvalue weighted by molar-refractivity contribution is -0.128. The minimum atomic E-state index is -3.89. The fraction of sp³-hybridized carbons (Fsp3) is 0.296. The van der Waals surface area contributed by atoms with Crippen molar-refractivity contribution in [1.82, 2.24) is 5.32 Å². The van der Waals surface area contributed by atoms with Crippen LogP contribution < -0.4 is 14.4 Å². The van der Waals surface area contributed by atoms with E-state index in [4.69, 9.17) is 4.74 Å². The number of ether oxygens (including phenoxy) is 1. The molecule has 1 aliphatic heterocycles. The monoisotopic (exact) mass is 478 g/mol. The Morgan fingerprint density at radius 3 is 2.32 bits per heavy atom. The van der Waals surface area contributed by atoms with E-state index in [1.54, 1.807) is 36.4 Å². The average Bonchev–Trinajstić information content (AvgIpc) is 2.83. The summed E-state index contributed by atoms with van der Waals surface area (Å²) in [6, 6.07) is 19.9. The SMILES string of the molecule is CCc1ccc([C@@H](C)NC(=O)[C@@H]2CN(S(=O)(=O)c3ccc(C)cc3)c3ccc(C)cc3O2)cc1. The van der Waals surface area contributed by atoms with Crippen LogP contribution in [-0.4, -0.2) is 27.0 Å². The number of nitrogens with one attached hydrogen (secondary N) is 1. The number of amides is 1. The Morgan fingerprint density at radius 2 is 1.68 bits per heavy atom. The number of rotatable bonds is 6. The van der Waals surface area contributed by atoms with Crippen LogP contribution >= 0.6 is 0 Å². The number of fused-ring (bicyclic) bond motifs is 1. The maximum absolute atomic E-state index is 13.6. The van der Waals surface area contributed by atoms with Gasteiger partial charge in [0.05, 0.1) is 23.2 Å². The summed E-state index contributed by atoms with van der Waals surface area (Å²) in [6.07, 6.45) is -0.0342. The van der Waals surface area contributed by atoms with Gasteiger partial charge in [-0.05, 0) is 68.1 Å². The third-order valence-corrected chi connectivity index (χ3v) is 7.93. The minimum absolute atomic E-state index is 0.112. The van der Waals surface area contributed by atoms with Crippen LogP contribution in [-0.2, 0) is 21.2 Å². The number of benzene rings is 3. The smallest absolute Gasteiger partial charge is 0.264 e. The summed E-state index contributed by atoms with van der Waals surface area (Å²) < 4.78 is 34.4. The van der Waals surface area contributed by atoms with Crippen LogP contribution in [0.4, 0.5) is 5.69 Å². The van der Waals surface area contributed by atoms with Crippen LogP contribution in [0.5, 0.6) is 5.75 Å². The topological polar surface area (TPSA) is 75.7 Å². The molecule has 3 aromatic carbocycles. The Labute approximate surface area is 201 Å². The molecule has 0 saturated carbocycles. The van der Waals surface area contributed by atoms with Gasteiger partial charge in [-0.2, -0.15) is 0 Å². The first-order chi connectivity index (χ1) is 16.2. The Balaban J connectivity index is 1.62. The van der Waals surface area contributed by atoms with Crippen LogP contribution in [0.1, 0.15) is 42.1 Å². The van der Waals surface area contributed by atoms with Gasteiger partial charge in [-0.1, -0.05) is 55.0 Å². The first-order valence-electron chi connectivity index (χ1n) is 11.4. The van der Waals surface area contributed by atoms with E-state index in [0.29, 0.717) is 11.4 Å². The second-order valence-electron chi connectivity index (χ2n) is 8.75. The molecule has 0 saturated heterocycles. The van der Waals surface area contributed by atoms with Crippen molar-refractivity contribution in [3.8, 4) is 5.75 Å². The molecule has 0 bridgehead atoms. The molecule has 1 N–H and O–H groups in total. The predicted octanol–water partition coefficient (Wildman–Crippen LogP) is 4.70. The molecule has 4 rings (SSSR count). The van der Waals surface area contributed by atoms with Crippen LogP contribution in [0.25, 0.3) is 0 Å². The fourth-order valence-electron chi connectivity index (χ4n) is 3.99. The summed E-state index contributed by atoms with van der Waals surface area (Å²) in [4.78, 5) is 13.4. The summed E-state index contributed by atoms with van der Waals surface area (Å²) >= 11 is 0. The third kappa shape index (κ3) is 4.80. The second kappa shape index (κ2) is 9.50. The third-order valence-electron chi connectivity index (χ3n) is 6.13. The number of sulfonamides is 1. The lowest BCUT2D eigenvalue weighted by atomic mass is 10.0. The molecule has 34 heavy (non-hydrogen) atoms. The van der Waals surface area contributed by atoms with E-state index in [1.807, 2.05) is 51.1 Å². The average molecular weight is 479 g/mol.